The molecular weight excluding hydrogens is 436 g/mol. The monoisotopic (exact) mass is 458 g/mol. The van der Waals surface area contributed by atoms with Crippen LogP contribution < -0.4 is 9.64 Å². The van der Waals surface area contributed by atoms with Gasteiger partial charge in [-0.3, -0.25) is 4.68 Å². The van der Waals surface area contributed by atoms with Crippen molar-refractivity contribution < 1.29 is 18.3 Å². The van der Waals surface area contributed by atoms with Crippen LogP contribution in [0.3, 0.4) is 0 Å². The lowest BCUT2D eigenvalue weighted by Gasteiger charge is -2.34. The Morgan fingerprint density at radius 3 is 2.33 bits per heavy atom. The standard InChI is InChI=1S/C17H23BrN4O4S/c1-20-16(11-23)17(18)15(19-20)12-26-14-5-3-13(4-6-14)21-7-9-22(10-8-21)27(2,24)25/h3-6,23H,7-12H2,1-2H3. The van der Waals surface area contributed by atoms with E-state index in [2.05, 4.69) is 25.9 Å². The van der Waals surface area contributed by atoms with Gasteiger partial charge < -0.3 is 14.7 Å². The molecule has 2 aromatic rings. The van der Waals surface area contributed by atoms with Gasteiger partial charge in [-0.05, 0) is 40.2 Å². The van der Waals surface area contributed by atoms with E-state index in [1.54, 1.807) is 11.7 Å². The molecule has 0 saturated carbocycles. The lowest BCUT2D eigenvalue weighted by atomic mass is 10.2. The Hall–Kier alpha value is -1.62. The summed E-state index contributed by atoms with van der Waals surface area (Å²) in [6.45, 7) is 2.53. The average Bonchev–Trinajstić information content (AvgIpc) is 2.92. The highest BCUT2D eigenvalue weighted by Gasteiger charge is 2.23. The third-order valence-corrected chi connectivity index (χ3v) is 6.82. The SMILES string of the molecule is Cn1nc(COc2ccc(N3CCN(S(C)(=O)=O)CC3)cc2)c(Br)c1CO. The molecule has 0 amide bonds. The number of nitrogens with zero attached hydrogens (tertiary/aromatic N) is 4. The molecule has 1 aromatic heterocycles. The molecule has 1 aliphatic heterocycles. The number of aliphatic hydroxyl groups excluding tert-OH is 1. The van der Waals surface area contributed by atoms with E-state index in [1.807, 2.05) is 24.3 Å². The molecule has 0 aliphatic carbocycles. The highest BCUT2D eigenvalue weighted by molar-refractivity contribution is 9.10. The first-order valence-electron chi connectivity index (χ1n) is 8.53. The van der Waals surface area contributed by atoms with Crippen LogP contribution >= 0.6 is 15.9 Å². The molecule has 2 heterocycles. The van der Waals surface area contributed by atoms with Gasteiger partial charge in [0.15, 0.2) is 0 Å². The van der Waals surface area contributed by atoms with Gasteiger partial charge in [-0.25, -0.2) is 8.42 Å². The number of anilines is 1. The van der Waals surface area contributed by atoms with Gasteiger partial charge in [0.05, 0.1) is 23.0 Å². The minimum Gasteiger partial charge on any atom is -0.487 e. The number of hydrogen-bond donors (Lipinski definition) is 1. The van der Waals surface area contributed by atoms with Crippen LogP contribution in [0.4, 0.5) is 5.69 Å². The summed E-state index contributed by atoms with van der Waals surface area (Å²) in [7, 11) is -1.34. The number of piperazine rings is 1. The van der Waals surface area contributed by atoms with Gasteiger partial charge in [0.1, 0.15) is 18.1 Å². The Kier molecular flexibility index (Phi) is 6.09. The van der Waals surface area contributed by atoms with E-state index in [4.69, 9.17) is 4.74 Å². The maximum atomic E-state index is 11.6. The Labute approximate surface area is 167 Å². The normalized spacial score (nSPS) is 15.9. The lowest BCUT2D eigenvalue weighted by Crippen LogP contribution is -2.48. The molecule has 0 atom stereocenters. The van der Waals surface area contributed by atoms with E-state index in [-0.39, 0.29) is 6.61 Å². The van der Waals surface area contributed by atoms with E-state index in [9.17, 15) is 13.5 Å². The van der Waals surface area contributed by atoms with Gasteiger partial charge in [0, 0.05) is 38.9 Å². The van der Waals surface area contributed by atoms with Crippen LogP contribution in [0, 0.1) is 0 Å². The molecule has 1 fully saturated rings. The quantitative estimate of drug-likeness (QED) is 0.702. The zero-order valence-corrected chi connectivity index (χ0v) is 17.7. The van der Waals surface area contributed by atoms with E-state index < -0.39 is 10.0 Å². The Balaban J connectivity index is 1.58. The third kappa shape index (κ3) is 4.63. The van der Waals surface area contributed by atoms with Gasteiger partial charge in [-0.2, -0.15) is 9.40 Å². The van der Waals surface area contributed by atoms with Crippen molar-refractivity contribution in [1.82, 2.24) is 14.1 Å². The first kappa shape index (κ1) is 20.1. The number of sulfonamides is 1. The second-order valence-corrected chi connectivity index (χ2v) is 9.20. The number of halogens is 1. The van der Waals surface area contributed by atoms with E-state index in [0.29, 0.717) is 38.5 Å². The second-order valence-electron chi connectivity index (χ2n) is 6.42. The fourth-order valence-corrected chi connectivity index (χ4v) is 4.44. The largest absolute Gasteiger partial charge is 0.487 e. The van der Waals surface area contributed by atoms with E-state index >= 15 is 0 Å². The van der Waals surface area contributed by atoms with Crippen molar-refractivity contribution in [1.29, 1.82) is 0 Å². The topological polar surface area (TPSA) is 87.9 Å². The van der Waals surface area contributed by atoms with Gasteiger partial charge in [-0.15, -0.1) is 0 Å². The highest BCUT2D eigenvalue weighted by Crippen LogP contribution is 2.25. The number of aliphatic hydroxyl groups is 1. The summed E-state index contributed by atoms with van der Waals surface area (Å²) in [5.41, 5.74) is 2.47. The number of benzene rings is 1. The summed E-state index contributed by atoms with van der Waals surface area (Å²) in [5, 5.41) is 13.7. The van der Waals surface area contributed by atoms with Crippen molar-refractivity contribution in [3.63, 3.8) is 0 Å². The molecule has 148 valence electrons. The van der Waals surface area contributed by atoms with Crippen LogP contribution in [0.2, 0.25) is 0 Å². The molecule has 0 spiro atoms. The Morgan fingerprint density at radius 1 is 1.19 bits per heavy atom. The van der Waals surface area contributed by atoms with Gasteiger partial charge in [0.2, 0.25) is 10.0 Å². The molecule has 1 saturated heterocycles. The summed E-state index contributed by atoms with van der Waals surface area (Å²) in [6.07, 6.45) is 1.25. The number of ether oxygens (including phenoxy) is 1. The predicted molar refractivity (Wildman–Crippen MR) is 106 cm³/mol. The van der Waals surface area contributed by atoms with Crippen LogP contribution in [0.25, 0.3) is 0 Å². The molecule has 1 N–H and O–H groups in total. The van der Waals surface area contributed by atoms with Gasteiger partial charge in [-0.1, -0.05) is 0 Å². The first-order valence-corrected chi connectivity index (χ1v) is 11.2. The molecule has 0 unspecified atom stereocenters. The summed E-state index contributed by atoms with van der Waals surface area (Å²) in [4.78, 5) is 2.16. The molecule has 3 rings (SSSR count). The molecule has 10 heteroatoms. The Morgan fingerprint density at radius 2 is 1.81 bits per heavy atom. The molecule has 1 aliphatic rings. The zero-order chi connectivity index (χ0) is 19.6. The van der Waals surface area contributed by atoms with Crippen LogP contribution in [0.1, 0.15) is 11.4 Å². The summed E-state index contributed by atoms with van der Waals surface area (Å²) in [6, 6.07) is 7.72. The highest BCUT2D eigenvalue weighted by atomic mass is 79.9. The molecule has 8 nitrogen and oxygen atoms in total. The molecular formula is C17H23BrN4O4S. The van der Waals surface area contributed by atoms with Crippen LogP contribution in [0.5, 0.6) is 5.75 Å². The fraction of sp³-hybridized carbons (Fsp3) is 0.471. The second kappa shape index (κ2) is 8.17. The summed E-state index contributed by atoms with van der Waals surface area (Å²) < 4.78 is 32.9. The van der Waals surface area contributed by atoms with E-state index in [0.717, 1.165) is 21.6 Å². The maximum absolute atomic E-state index is 11.6. The summed E-state index contributed by atoms with van der Waals surface area (Å²) >= 11 is 3.44. The number of rotatable bonds is 6. The maximum Gasteiger partial charge on any atom is 0.211 e. The van der Waals surface area contributed by atoms with Crippen LogP contribution in [-0.2, 0) is 30.3 Å². The van der Waals surface area contributed by atoms with Crippen molar-refractivity contribution in [2.45, 2.75) is 13.2 Å². The lowest BCUT2D eigenvalue weighted by molar-refractivity contribution is 0.270. The Bertz CT molecular complexity index is 890. The third-order valence-electron chi connectivity index (χ3n) is 4.60. The van der Waals surface area contributed by atoms with Crippen molar-refractivity contribution in [3.05, 3.63) is 40.1 Å². The predicted octanol–water partition coefficient (Wildman–Crippen LogP) is 1.34. The minimum atomic E-state index is -3.12. The molecule has 27 heavy (non-hydrogen) atoms. The van der Waals surface area contributed by atoms with Gasteiger partial charge in [0.25, 0.3) is 0 Å². The molecule has 1 aromatic carbocycles. The van der Waals surface area contributed by atoms with Gasteiger partial charge >= 0.3 is 0 Å². The minimum absolute atomic E-state index is 0.0919. The molecule has 0 bridgehead atoms. The van der Waals surface area contributed by atoms with Crippen molar-refractivity contribution in [3.8, 4) is 5.75 Å². The fourth-order valence-electron chi connectivity index (χ4n) is 3.04. The number of aromatic nitrogens is 2. The molecule has 0 radical (unpaired) electrons. The van der Waals surface area contributed by atoms with Crippen molar-refractivity contribution in [2.24, 2.45) is 7.05 Å². The van der Waals surface area contributed by atoms with E-state index in [1.165, 1.54) is 10.6 Å². The number of hydrogen-bond acceptors (Lipinski definition) is 6. The first-order chi connectivity index (χ1) is 12.8. The summed E-state index contributed by atoms with van der Waals surface area (Å²) in [5.74, 6) is 0.719. The smallest absolute Gasteiger partial charge is 0.211 e. The van der Waals surface area contributed by atoms with Crippen molar-refractivity contribution in [2.75, 3.05) is 37.3 Å². The van der Waals surface area contributed by atoms with Crippen LogP contribution in [0.15, 0.2) is 28.7 Å². The average molecular weight is 459 g/mol. The zero-order valence-electron chi connectivity index (χ0n) is 15.3. The van der Waals surface area contributed by atoms with Crippen LogP contribution in [-0.4, -0.2) is 60.0 Å². The van der Waals surface area contributed by atoms with Crippen molar-refractivity contribution >= 4 is 31.6 Å². The number of aryl methyl sites for hydroxylation is 1.